The molecule has 140 valence electrons. The first-order valence-corrected chi connectivity index (χ1v) is 8.73. The molecule has 2 aromatic heterocycles. The molecule has 1 atom stereocenters. The number of hydrogen-bond donors (Lipinski definition) is 2. The predicted molar refractivity (Wildman–Crippen MR) is 98.7 cm³/mol. The molecule has 1 aromatic carbocycles. The zero-order chi connectivity index (χ0) is 18.9. The smallest absolute Gasteiger partial charge is 0.239 e. The van der Waals surface area contributed by atoms with Crippen LogP contribution in [0.5, 0.6) is 0 Å². The number of aromatic nitrogens is 2. The van der Waals surface area contributed by atoms with Crippen molar-refractivity contribution in [3.8, 4) is 0 Å². The Hall–Kier alpha value is -3.72. The molecule has 5 rings (SSSR count). The molecule has 0 radical (unpaired) electrons. The summed E-state index contributed by atoms with van der Waals surface area (Å²) in [4.78, 5) is 4.28. The molecular formula is C19H16N6O3. The van der Waals surface area contributed by atoms with Gasteiger partial charge in [-0.15, -0.1) is 5.10 Å². The van der Waals surface area contributed by atoms with E-state index in [1.54, 1.807) is 17.3 Å². The lowest BCUT2D eigenvalue weighted by Gasteiger charge is -2.29. The van der Waals surface area contributed by atoms with Crippen molar-refractivity contribution in [1.82, 2.24) is 20.6 Å². The monoisotopic (exact) mass is 376 g/mol. The molecule has 0 spiro atoms. The van der Waals surface area contributed by atoms with Gasteiger partial charge >= 0.3 is 0 Å². The SMILES string of the molecule is OCc1cc(C2=NNC3c4ccccc4C(OCc4ccccn4)=NN23)no1. The molecule has 1 unspecified atom stereocenters. The number of fused-ring (bicyclic) bond motifs is 3. The van der Waals surface area contributed by atoms with Crippen LogP contribution in [0.4, 0.5) is 0 Å². The van der Waals surface area contributed by atoms with Crippen LogP contribution in [0.1, 0.15) is 34.4 Å². The summed E-state index contributed by atoms with van der Waals surface area (Å²) in [6.45, 7) is 0.0622. The molecule has 3 aromatic rings. The molecule has 2 N–H and O–H groups in total. The van der Waals surface area contributed by atoms with Crippen molar-refractivity contribution in [3.63, 3.8) is 0 Å². The molecular weight excluding hydrogens is 360 g/mol. The summed E-state index contributed by atoms with van der Waals surface area (Å²) in [7, 11) is 0. The summed E-state index contributed by atoms with van der Waals surface area (Å²) < 4.78 is 11.1. The Kier molecular flexibility index (Phi) is 3.99. The maximum Gasteiger partial charge on any atom is 0.239 e. The fraction of sp³-hybridized carbons (Fsp3) is 0.158. The van der Waals surface area contributed by atoms with Crippen LogP contribution in [0.25, 0.3) is 0 Å². The van der Waals surface area contributed by atoms with Crippen molar-refractivity contribution in [2.45, 2.75) is 19.4 Å². The maximum absolute atomic E-state index is 9.22. The van der Waals surface area contributed by atoms with Crippen LogP contribution in [0.15, 0.2) is 69.5 Å². The van der Waals surface area contributed by atoms with Gasteiger partial charge in [0.2, 0.25) is 11.7 Å². The average molecular weight is 376 g/mol. The molecule has 9 nitrogen and oxygen atoms in total. The van der Waals surface area contributed by atoms with Crippen molar-refractivity contribution in [2.75, 3.05) is 0 Å². The van der Waals surface area contributed by atoms with Crippen molar-refractivity contribution in [2.24, 2.45) is 10.2 Å². The minimum Gasteiger partial charge on any atom is -0.470 e. The van der Waals surface area contributed by atoms with E-state index in [1.807, 2.05) is 42.5 Å². The molecule has 9 heteroatoms. The first kappa shape index (κ1) is 16.5. The Labute approximate surface area is 159 Å². The molecule has 0 fully saturated rings. The summed E-state index contributed by atoms with van der Waals surface area (Å²) in [6.07, 6.45) is 1.45. The highest BCUT2D eigenvalue weighted by Crippen LogP contribution is 2.33. The number of hydrogen-bond acceptors (Lipinski definition) is 9. The largest absolute Gasteiger partial charge is 0.470 e. The lowest BCUT2D eigenvalue weighted by molar-refractivity contribution is 0.228. The van der Waals surface area contributed by atoms with E-state index in [-0.39, 0.29) is 12.8 Å². The van der Waals surface area contributed by atoms with Crippen LogP contribution in [0.3, 0.4) is 0 Å². The summed E-state index contributed by atoms with van der Waals surface area (Å²) in [5, 5.41) is 23.9. The van der Waals surface area contributed by atoms with Crippen LogP contribution in [0.2, 0.25) is 0 Å². The van der Waals surface area contributed by atoms with Crippen molar-refractivity contribution in [1.29, 1.82) is 0 Å². The lowest BCUT2D eigenvalue weighted by Crippen LogP contribution is -2.36. The average Bonchev–Trinajstić information content (AvgIpc) is 3.39. The fourth-order valence-electron chi connectivity index (χ4n) is 3.14. The normalized spacial score (nSPS) is 17.3. The number of rotatable bonds is 4. The third-order valence-electron chi connectivity index (χ3n) is 4.47. The van der Waals surface area contributed by atoms with E-state index in [0.717, 1.165) is 16.8 Å². The Balaban J connectivity index is 1.48. The number of pyridine rings is 1. The van der Waals surface area contributed by atoms with Crippen molar-refractivity contribution >= 4 is 11.7 Å². The van der Waals surface area contributed by atoms with Gasteiger partial charge < -0.3 is 14.4 Å². The van der Waals surface area contributed by atoms with Crippen LogP contribution >= 0.6 is 0 Å². The van der Waals surface area contributed by atoms with Gasteiger partial charge in [0.15, 0.2) is 17.6 Å². The molecule has 0 saturated carbocycles. The van der Waals surface area contributed by atoms with Crippen LogP contribution < -0.4 is 5.43 Å². The first-order chi connectivity index (χ1) is 13.8. The zero-order valence-electron chi connectivity index (χ0n) is 14.7. The van der Waals surface area contributed by atoms with Crippen molar-refractivity contribution < 1.29 is 14.4 Å². The van der Waals surface area contributed by atoms with Crippen LogP contribution in [0, 0.1) is 0 Å². The number of hydrazone groups is 2. The second-order valence-electron chi connectivity index (χ2n) is 6.25. The summed E-state index contributed by atoms with van der Waals surface area (Å²) in [6, 6.07) is 15.2. The van der Waals surface area contributed by atoms with Crippen molar-refractivity contribution in [3.05, 3.63) is 83.0 Å². The Morgan fingerprint density at radius 3 is 2.89 bits per heavy atom. The molecule has 2 aliphatic rings. The van der Waals surface area contributed by atoms with E-state index in [2.05, 4.69) is 25.8 Å². The van der Waals surface area contributed by atoms with E-state index in [1.165, 1.54) is 0 Å². The molecule has 0 saturated heterocycles. The van der Waals surface area contributed by atoms with E-state index >= 15 is 0 Å². The Morgan fingerprint density at radius 1 is 1.18 bits per heavy atom. The zero-order valence-corrected chi connectivity index (χ0v) is 14.7. The van der Waals surface area contributed by atoms with Crippen LogP contribution in [-0.4, -0.2) is 32.0 Å². The number of benzene rings is 1. The summed E-state index contributed by atoms with van der Waals surface area (Å²) >= 11 is 0. The highest BCUT2D eigenvalue weighted by atomic mass is 16.5. The van der Waals surface area contributed by atoms with Gasteiger partial charge in [-0.1, -0.05) is 29.4 Å². The van der Waals surface area contributed by atoms with Gasteiger partial charge in [-0.25, -0.2) is 5.01 Å². The number of nitrogens with zero attached hydrogens (tertiary/aromatic N) is 5. The lowest BCUT2D eigenvalue weighted by atomic mass is 10.0. The van der Waals surface area contributed by atoms with Gasteiger partial charge in [0, 0.05) is 23.4 Å². The predicted octanol–water partition coefficient (Wildman–Crippen LogP) is 1.72. The Bertz CT molecular complexity index is 1060. The van der Waals surface area contributed by atoms with E-state index in [4.69, 9.17) is 9.26 Å². The quantitative estimate of drug-likeness (QED) is 0.714. The standard InChI is InChI=1S/C19H16N6O3/c26-10-13-9-16(24-28-13)18-22-21-17-14-6-1-2-7-15(14)19(23-25(17)18)27-11-12-5-3-4-8-20-12/h1-9,17,21,26H,10-11H2. The van der Waals surface area contributed by atoms with Gasteiger partial charge in [0.1, 0.15) is 13.2 Å². The third kappa shape index (κ3) is 2.78. The first-order valence-electron chi connectivity index (χ1n) is 8.73. The highest BCUT2D eigenvalue weighted by molar-refractivity contribution is 6.02. The minimum atomic E-state index is -0.275. The van der Waals surface area contributed by atoms with Crippen LogP contribution in [-0.2, 0) is 18.0 Å². The maximum atomic E-state index is 9.22. The summed E-state index contributed by atoms with van der Waals surface area (Å²) in [5.74, 6) is 1.32. The fourth-order valence-corrected chi connectivity index (χ4v) is 3.14. The molecule has 4 heterocycles. The van der Waals surface area contributed by atoms with E-state index < -0.39 is 0 Å². The van der Waals surface area contributed by atoms with Gasteiger partial charge in [0.25, 0.3) is 0 Å². The Morgan fingerprint density at radius 2 is 2.07 bits per heavy atom. The second-order valence-corrected chi connectivity index (χ2v) is 6.25. The minimum absolute atomic E-state index is 0.234. The number of ether oxygens (including phenoxy) is 1. The number of aliphatic hydroxyl groups is 1. The van der Waals surface area contributed by atoms with E-state index in [9.17, 15) is 5.11 Å². The van der Waals surface area contributed by atoms with Gasteiger partial charge in [-0.05, 0) is 18.2 Å². The molecule has 0 aliphatic carbocycles. The molecule has 2 aliphatic heterocycles. The van der Waals surface area contributed by atoms with E-state index in [0.29, 0.717) is 29.8 Å². The number of nitrogens with one attached hydrogen (secondary N) is 1. The summed E-state index contributed by atoms with van der Waals surface area (Å²) in [5.41, 5.74) is 6.24. The number of amidine groups is 1. The topological polar surface area (TPSA) is 108 Å². The molecule has 0 amide bonds. The third-order valence-corrected chi connectivity index (χ3v) is 4.47. The number of aliphatic hydroxyl groups excluding tert-OH is 1. The second kappa shape index (κ2) is 6.78. The molecule has 28 heavy (non-hydrogen) atoms. The van der Waals surface area contributed by atoms with Gasteiger partial charge in [0.05, 0.1) is 5.69 Å². The highest BCUT2D eigenvalue weighted by Gasteiger charge is 2.38. The molecule has 0 bridgehead atoms. The van der Waals surface area contributed by atoms with Gasteiger partial charge in [-0.3, -0.25) is 10.4 Å². The van der Waals surface area contributed by atoms with Gasteiger partial charge in [-0.2, -0.15) is 5.10 Å².